The first kappa shape index (κ1) is 25.2. The number of amides is 2. The second kappa shape index (κ2) is 10.7. The van der Waals surface area contributed by atoms with Crippen LogP contribution in [0.1, 0.15) is 37.3 Å². The molecule has 0 bridgehead atoms. The zero-order valence-corrected chi connectivity index (χ0v) is 19.4. The van der Waals surface area contributed by atoms with E-state index in [0.29, 0.717) is 0 Å². The molecule has 0 saturated heterocycles. The molecule has 1 aliphatic carbocycles. The van der Waals surface area contributed by atoms with Crippen molar-refractivity contribution in [2.45, 2.75) is 43.9 Å². The highest BCUT2D eigenvalue weighted by Gasteiger charge is 2.32. The standard InChI is InChI=1S/C25H30N2O7/c1-25(2,33-3)12-20(22(29)26-13-21(28)23(30)31)27-24(32)34-14-19-17-10-6-4-8-15(17)16-9-5-7-11-18(16)19/h4-11,19-21,28H,12-14H2,1-3H3,(H,26,29)(H,27,32)(H,30,31)/t20?,21-/m0/s1. The monoisotopic (exact) mass is 470 g/mol. The largest absolute Gasteiger partial charge is 0.479 e. The predicted molar refractivity (Wildman–Crippen MR) is 124 cm³/mol. The number of carbonyl (C=O) groups excluding carboxylic acids is 2. The topological polar surface area (TPSA) is 134 Å². The molecule has 1 unspecified atom stereocenters. The zero-order valence-electron chi connectivity index (χ0n) is 19.4. The molecular weight excluding hydrogens is 440 g/mol. The number of nitrogens with one attached hydrogen (secondary N) is 2. The van der Waals surface area contributed by atoms with Crippen LogP contribution < -0.4 is 10.6 Å². The molecule has 2 atom stereocenters. The summed E-state index contributed by atoms with van der Waals surface area (Å²) >= 11 is 0. The van der Waals surface area contributed by atoms with Gasteiger partial charge in [-0.2, -0.15) is 0 Å². The van der Waals surface area contributed by atoms with Crippen molar-refractivity contribution in [3.8, 4) is 11.1 Å². The van der Waals surface area contributed by atoms with Crippen molar-refractivity contribution in [3.05, 3.63) is 59.7 Å². The van der Waals surface area contributed by atoms with Gasteiger partial charge in [0, 0.05) is 19.4 Å². The summed E-state index contributed by atoms with van der Waals surface area (Å²) in [6.07, 6.45) is -2.44. The van der Waals surface area contributed by atoms with E-state index < -0.39 is 42.3 Å². The van der Waals surface area contributed by atoms with Crippen LogP contribution >= 0.6 is 0 Å². The third-order valence-electron chi connectivity index (χ3n) is 5.96. The number of benzene rings is 2. The summed E-state index contributed by atoms with van der Waals surface area (Å²) in [5.41, 5.74) is 3.57. The highest BCUT2D eigenvalue weighted by atomic mass is 16.5. The average Bonchev–Trinajstić information content (AvgIpc) is 3.14. The molecule has 9 nitrogen and oxygen atoms in total. The van der Waals surface area contributed by atoms with E-state index in [1.807, 2.05) is 48.5 Å². The van der Waals surface area contributed by atoms with Crippen LogP contribution in [0.2, 0.25) is 0 Å². The number of alkyl carbamates (subject to hydrolysis) is 1. The summed E-state index contributed by atoms with van der Waals surface area (Å²) in [7, 11) is 1.48. The van der Waals surface area contributed by atoms with E-state index in [9.17, 15) is 19.5 Å². The van der Waals surface area contributed by atoms with Gasteiger partial charge in [-0.1, -0.05) is 48.5 Å². The fourth-order valence-corrected chi connectivity index (χ4v) is 3.97. The fourth-order valence-electron chi connectivity index (χ4n) is 3.97. The maximum atomic E-state index is 12.7. The summed E-state index contributed by atoms with van der Waals surface area (Å²) in [4.78, 5) is 36.1. The summed E-state index contributed by atoms with van der Waals surface area (Å²) in [6, 6.07) is 14.8. The summed E-state index contributed by atoms with van der Waals surface area (Å²) in [5.74, 6) is -2.25. The van der Waals surface area contributed by atoms with Crippen LogP contribution in [0.25, 0.3) is 11.1 Å². The number of carbonyl (C=O) groups is 3. The van der Waals surface area contributed by atoms with E-state index in [1.54, 1.807) is 13.8 Å². The van der Waals surface area contributed by atoms with Gasteiger partial charge in [0.05, 0.1) is 12.1 Å². The van der Waals surface area contributed by atoms with Crippen molar-refractivity contribution in [2.24, 2.45) is 0 Å². The van der Waals surface area contributed by atoms with E-state index in [4.69, 9.17) is 14.6 Å². The van der Waals surface area contributed by atoms with Crippen molar-refractivity contribution in [1.82, 2.24) is 10.6 Å². The average molecular weight is 471 g/mol. The van der Waals surface area contributed by atoms with Gasteiger partial charge < -0.3 is 30.3 Å². The minimum Gasteiger partial charge on any atom is -0.479 e. The first-order valence-electron chi connectivity index (χ1n) is 11.0. The molecule has 0 aliphatic heterocycles. The molecule has 0 spiro atoms. The van der Waals surface area contributed by atoms with Gasteiger partial charge in [-0.25, -0.2) is 9.59 Å². The molecule has 0 fully saturated rings. The number of aliphatic carboxylic acids is 1. The Hall–Kier alpha value is -3.43. The molecule has 2 amide bonds. The van der Waals surface area contributed by atoms with Crippen LogP contribution in [0.4, 0.5) is 4.79 Å². The van der Waals surface area contributed by atoms with Crippen LogP contribution in [0.3, 0.4) is 0 Å². The summed E-state index contributed by atoms with van der Waals surface area (Å²) in [5, 5.41) is 23.1. The lowest BCUT2D eigenvalue weighted by molar-refractivity contribution is -0.146. The summed E-state index contributed by atoms with van der Waals surface area (Å²) < 4.78 is 10.9. The van der Waals surface area contributed by atoms with Crippen molar-refractivity contribution >= 4 is 18.0 Å². The van der Waals surface area contributed by atoms with E-state index >= 15 is 0 Å². The third kappa shape index (κ3) is 5.92. The maximum absolute atomic E-state index is 12.7. The van der Waals surface area contributed by atoms with Gasteiger partial charge in [0.1, 0.15) is 12.6 Å². The maximum Gasteiger partial charge on any atom is 0.407 e. The number of aliphatic hydroxyl groups is 1. The van der Waals surface area contributed by atoms with Crippen molar-refractivity contribution in [1.29, 1.82) is 0 Å². The number of ether oxygens (including phenoxy) is 2. The smallest absolute Gasteiger partial charge is 0.407 e. The third-order valence-corrected chi connectivity index (χ3v) is 5.96. The van der Waals surface area contributed by atoms with Crippen LogP contribution in [0, 0.1) is 0 Å². The molecule has 9 heteroatoms. The Balaban J connectivity index is 1.67. The Labute approximate surface area is 198 Å². The first-order chi connectivity index (χ1) is 16.1. The Bertz CT molecular complexity index is 1010. The minimum atomic E-state index is -1.76. The lowest BCUT2D eigenvalue weighted by Crippen LogP contribution is -2.52. The van der Waals surface area contributed by atoms with Crippen molar-refractivity contribution in [3.63, 3.8) is 0 Å². The van der Waals surface area contributed by atoms with Crippen LogP contribution in [-0.2, 0) is 19.1 Å². The quantitative estimate of drug-likeness (QED) is 0.418. The van der Waals surface area contributed by atoms with Crippen molar-refractivity contribution in [2.75, 3.05) is 20.3 Å². The van der Waals surface area contributed by atoms with Gasteiger partial charge in [0.25, 0.3) is 0 Å². The number of methoxy groups -OCH3 is 1. The number of aliphatic hydroxyl groups excluding tert-OH is 1. The number of hydrogen-bond donors (Lipinski definition) is 4. The van der Waals surface area contributed by atoms with E-state index in [0.717, 1.165) is 22.3 Å². The molecule has 2 aromatic carbocycles. The van der Waals surface area contributed by atoms with E-state index in [1.165, 1.54) is 7.11 Å². The van der Waals surface area contributed by atoms with Gasteiger partial charge in [-0.05, 0) is 36.1 Å². The minimum absolute atomic E-state index is 0.0829. The molecule has 1 aliphatic rings. The molecule has 2 aromatic rings. The predicted octanol–water partition coefficient (Wildman–Crippen LogP) is 2.27. The number of carboxylic acid groups (broad SMARTS) is 1. The van der Waals surface area contributed by atoms with Gasteiger partial charge in [-0.3, -0.25) is 4.79 Å². The lowest BCUT2D eigenvalue weighted by Gasteiger charge is -2.28. The van der Waals surface area contributed by atoms with Crippen LogP contribution in [0.5, 0.6) is 0 Å². The van der Waals surface area contributed by atoms with Crippen molar-refractivity contribution < 1.29 is 34.1 Å². The first-order valence-corrected chi connectivity index (χ1v) is 11.0. The van der Waals surface area contributed by atoms with Gasteiger partial charge >= 0.3 is 12.1 Å². The molecular formula is C25H30N2O7. The number of rotatable bonds is 10. The lowest BCUT2D eigenvalue weighted by atomic mass is 9.98. The van der Waals surface area contributed by atoms with Crippen LogP contribution in [-0.4, -0.2) is 66.2 Å². The van der Waals surface area contributed by atoms with Gasteiger partial charge in [-0.15, -0.1) is 0 Å². The molecule has 0 heterocycles. The Kier molecular flexibility index (Phi) is 7.90. The summed E-state index contributed by atoms with van der Waals surface area (Å²) in [6.45, 7) is 3.08. The number of hydrogen-bond acceptors (Lipinski definition) is 6. The highest BCUT2D eigenvalue weighted by Crippen LogP contribution is 2.44. The molecule has 0 aromatic heterocycles. The van der Waals surface area contributed by atoms with E-state index in [-0.39, 0.29) is 18.9 Å². The molecule has 4 N–H and O–H groups in total. The molecule has 182 valence electrons. The van der Waals surface area contributed by atoms with Gasteiger partial charge in [0.15, 0.2) is 6.10 Å². The normalized spacial score (nSPS) is 14.5. The molecule has 0 saturated carbocycles. The molecule has 3 rings (SSSR count). The Morgan fingerprint density at radius 3 is 2.12 bits per heavy atom. The van der Waals surface area contributed by atoms with Crippen LogP contribution in [0.15, 0.2) is 48.5 Å². The highest BCUT2D eigenvalue weighted by molar-refractivity contribution is 5.86. The second-order valence-corrected chi connectivity index (χ2v) is 8.79. The SMILES string of the molecule is COC(C)(C)CC(NC(=O)OCC1c2ccccc2-c2ccccc21)C(=O)NC[C@H](O)C(=O)O. The number of carboxylic acids is 1. The molecule has 34 heavy (non-hydrogen) atoms. The molecule has 0 radical (unpaired) electrons. The second-order valence-electron chi connectivity index (χ2n) is 8.79. The van der Waals surface area contributed by atoms with Gasteiger partial charge in [0.2, 0.25) is 5.91 Å². The Morgan fingerprint density at radius 1 is 1.03 bits per heavy atom. The zero-order chi connectivity index (χ0) is 24.9. The van der Waals surface area contributed by atoms with E-state index in [2.05, 4.69) is 10.6 Å². The fraction of sp³-hybridized carbons (Fsp3) is 0.400. The number of fused-ring (bicyclic) bond motifs is 3. The Morgan fingerprint density at radius 2 is 1.59 bits per heavy atom.